The molecule has 1 atom stereocenters. The Balaban J connectivity index is 2.42. The van der Waals surface area contributed by atoms with Gasteiger partial charge < -0.3 is 5.32 Å². The Morgan fingerprint density at radius 1 is 1.82 bits per heavy atom. The van der Waals surface area contributed by atoms with Crippen molar-refractivity contribution in [2.24, 2.45) is 0 Å². The molecule has 2 N–H and O–H groups in total. The van der Waals surface area contributed by atoms with Gasteiger partial charge in [0.25, 0.3) is 5.91 Å². The molecule has 0 spiro atoms. The second-order valence-corrected chi connectivity index (χ2v) is 2.16. The summed E-state index contributed by atoms with van der Waals surface area (Å²) in [6, 6.07) is -0.554. The molecule has 1 heterocycles. The first-order valence-electron chi connectivity index (χ1n) is 3.18. The van der Waals surface area contributed by atoms with E-state index in [1.54, 1.807) is 0 Å². The summed E-state index contributed by atoms with van der Waals surface area (Å²) in [4.78, 5) is 25.7. The van der Waals surface area contributed by atoms with Crippen molar-refractivity contribution in [3.63, 3.8) is 0 Å². The van der Waals surface area contributed by atoms with Gasteiger partial charge in [0, 0.05) is 6.42 Å². The van der Waals surface area contributed by atoms with Gasteiger partial charge in [0.05, 0.1) is 6.61 Å². The van der Waals surface area contributed by atoms with Gasteiger partial charge in [-0.15, -0.1) is 0 Å². The standard InChI is InChI=1S/C5H7BN2O3/c6-5(10)7-3-1-2-11-8-4(3)9/h3H,1-2H2,(H,7,10)(H,8,9). The molecule has 0 saturated carbocycles. The van der Waals surface area contributed by atoms with Crippen LogP contribution in [0, 0.1) is 0 Å². The molecule has 1 unspecified atom stereocenters. The average molecular weight is 154 g/mol. The van der Waals surface area contributed by atoms with Crippen LogP contribution in [0.15, 0.2) is 0 Å². The second-order valence-electron chi connectivity index (χ2n) is 2.16. The lowest BCUT2D eigenvalue weighted by Gasteiger charge is -2.21. The van der Waals surface area contributed by atoms with Crippen molar-refractivity contribution in [1.82, 2.24) is 10.8 Å². The molecule has 2 amide bonds. The summed E-state index contributed by atoms with van der Waals surface area (Å²) in [6.07, 6.45) is 0.453. The van der Waals surface area contributed by atoms with Crippen LogP contribution in [0.1, 0.15) is 6.42 Å². The van der Waals surface area contributed by atoms with Crippen molar-refractivity contribution >= 4 is 19.6 Å². The van der Waals surface area contributed by atoms with E-state index >= 15 is 0 Å². The summed E-state index contributed by atoms with van der Waals surface area (Å²) in [5.74, 6) is -1.07. The van der Waals surface area contributed by atoms with Crippen molar-refractivity contribution < 1.29 is 14.4 Å². The number of hydrogen-bond acceptors (Lipinski definition) is 3. The largest absolute Gasteiger partial charge is 0.354 e. The highest BCUT2D eigenvalue weighted by Crippen LogP contribution is 1.97. The van der Waals surface area contributed by atoms with Crippen LogP contribution in [0.25, 0.3) is 0 Å². The van der Waals surface area contributed by atoms with Crippen molar-refractivity contribution in [2.45, 2.75) is 12.5 Å². The van der Waals surface area contributed by atoms with Crippen LogP contribution in [0.2, 0.25) is 0 Å². The van der Waals surface area contributed by atoms with Crippen LogP contribution in [0.5, 0.6) is 0 Å². The zero-order valence-corrected chi connectivity index (χ0v) is 5.79. The minimum Gasteiger partial charge on any atom is -0.354 e. The number of nitrogens with one attached hydrogen (secondary N) is 2. The van der Waals surface area contributed by atoms with Gasteiger partial charge in [0.15, 0.2) is 5.81 Å². The van der Waals surface area contributed by atoms with E-state index in [9.17, 15) is 9.59 Å². The van der Waals surface area contributed by atoms with Crippen molar-refractivity contribution in [1.29, 1.82) is 0 Å². The van der Waals surface area contributed by atoms with E-state index in [-0.39, 0.29) is 5.91 Å². The molecule has 0 aromatic carbocycles. The SMILES string of the molecule is [B]C(=O)NC1CCONC1=O. The number of rotatable bonds is 1. The highest BCUT2D eigenvalue weighted by Gasteiger charge is 2.22. The molecule has 5 nitrogen and oxygen atoms in total. The van der Waals surface area contributed by atoms with Crippen molar-refractivity contribution in [3.8, 4) is 0 Å². The summed E-state index contributed by atoms with van der Waals surface area (Å²) in [7, 11) is 4.81. The van der Waals surface area contributed by atoms with Crippen LogP contribution in [-0.2, 0) is 9.63 Å². The van der Waals surface area contributed by atoms with E-state index in [0.717, 1.165) is 0 Å². The number of hydroxylamine groups is 1. The average Bonchev–Trinajstić information content (AvgIpc) is 1.93. The van der Waals surface area contributed by atoms with Crippen molar-refractivity contribution in [2.75, 3.05) is 6.61 Å². The van der Waals surface area contributed by atoms with Crippen LogP contribution < -0.4 is 10.8 Å². The molecule has 0 aromatic rings. The minimum absolute atomic E-state index is 0.366. The molecule has 6 heteroatoms. The molecule has 58 valence electrons. The summed E-state index contributed by atoms with van der Waals surface area (Å²) < 4.78 is 0. The van der Waals surface area contributed by atoms with Gasteiger partial charge >= 0.3 is 0 Å². The summed E-state index contributed by atoms with van der Waals surface area (Å²) in [5, 5.41) is 2.28. The molecule has 0 bridgehead atoms. The fraction of sp³-hybridized carbons (Fsp3) is 0.600. The Bertz CT molecular complexity index is 185. The molecule has 1 aliphatic rings. The monoisotopic (exact) mass is 154 g/mol. The van der Waals surface area contributed by atoms with Gasteiger partial charge in [0.1, 0.15) is 6.04 Å². The Morgan fingerprint density at radius 3 is 3.09 bits per heavy atom. The number of hydrogen-bond donors (Lipinski definition) is 2. The normalized spacial score (nSPS) is 24.0. The fourth-order valence-corrected chi connectivity index (χ4v) is 0.811. The van der Waals surface area contributed by atoms with E-state index in [4.69, 9.17) is 7.85 Å². The molecular weight excluding hydrogens is 147 g/mol. The highest BCUT2D eigenvalue weighted by molar-refractivity contribution is 6.57. The predicted octanol–water partition coefficient (Wildman–Crippen LogP) is -1.32. The number of carbonyl (C=O) groups excluding carboxylic acids is 2. The zero-order valence-electron chi connectivity index (χ0n) is 5.79. The molecule has 11 heavy (non-hydrogen) atoms. The molecular formula is C5H7BN2O3. The molecule has 1 fully saturated rings. The Labute approximate surface area is 64.8 Å². The Morgan fingerprint density at radius 2 is 2.55 bits per heavy atom. The van der Waals surface area contributed by atoms with Gasteiger partial charge in [-0.1, -0.05) is 0 Å². The van der Waals surface area contributed by atoms with Gasteiger partial charge in [-0.3, -0.25) is 14.4 Å². The Kier molecular flexibility index (Phi) is 2.48. The third-order valence-electron chi connectivity index (χ3n) is 1.31. The first-order chi connectivity index (χ1) is 5.20. The maximum absolute atomic E-state index is 10.8. The van der Waals surface area contributed by atoms with E-state index in [1.165, 1.54) is 0 Å². The summed E-state index contributed by atoms with van der Waals surface area (Å²) in [5.41, 5.74) is 2.13. The summed E-state index contributed by atoms with van der Waals surface area (Å²) >= 11 is 0. The predicted molar refractivity (Wildman–Crippen MR) is 36.8 cm³/mol. The van der Waals surface area contributed by atoms with Gasteiger partial charge in [-0.25, -0.2) is 5.48 Å². The first kappa shape index (κ1) is 8.07. The lowest BCUT2D eigenvalue weighted by molar-refractivity contribution is -0.141. The Hall–Kier alpha value is -1.04. The molecule has 0 aromatic heterocycles. The van der Waals surface area contributed by atoms with Crippen LogP contribution in [0.3, 0.4) is 0 Å². The maximum atomic E-state index is 10.8. The third kappa shape index (κ3) is 2.23. The smallest absolute Gasteiger partial charge is 0.266 e. The summed E-state index contributed by atoms with van der Waals surface area (Å²) in [6.45, 7) is 0.386. The third-order valence-corrected chi connectivity index (χ3v) is 1.31. The van der Waals surface area contributed by atoms with Crippen LogP contribution in [0.4, 0.5) is 4.79 Å². The molecule has 0 aliphatic carbocycles. The highest BCUT2D eigenvalue weighted by atomic mass is 16.7. The second kappa shape index (κ2) is 3.38. The lowest BCUT2D eigenvalue weighted by Crippen LogP contribution is -2.50. The molecule has 1 aliphatic heterocycles. The van der Waals surface area contributed by atoms with Gasteiger partial charge in [-0.05, 0) is 0 Å². The minimum atomic E-state index is -0.702. The number of amides is 2. The van der Waals surface area contributed by atoms with Crippen molar-refractivity contribution in [3.05, 3.63) is 0 Å². The molecule has 1 saturated heterocycles. The first-order valence-corrected chi connectivity index (χ1v) is 3.18. The van der Waals surface area contributed by atoms with Gasteiger partial charge in [0.2, 0.25) is 7.85 Å². The van der Waals surface area contributed by atoms with Gasteiger partial charge in [-0.2, -0.15) is 0 Å². The molecule has 1 rings (SSSR count). The lowest BCUT2D eigenvalue weighted by atomic mass is 10.1. The van der Waals surface area contributed by atoms with E-state index in [2.05, 4.69) is 15.6 Å². The fourth-order valence-electron chi connectivity index (χ4n) is 0.811. The van der Waals surface area contributed by atoms with E-state index in [1.807, 2.05) is 0 Å². The quantitative estimate of drug-likeness (QED) is 0.460. The number of carbonyl (C=O) groups is 2. The van der Waals surface area contributed by atoms with E-state index in [0.29, 0.717) is 13.0 Å². The van der Waals surface area contributed by atoms with Crippen LogP contribution in [-0.4, -0.2) is 32.2 Å². The maximum Gasteiger partial charge on any atom is 0.266 e. The molecule has 2 radical (unpaired) electrons. The van der Waals surface area contributed by atoms with Crippen LogP contribution >= 0.6 is 0 Å². The van der Waals surface area contributed by atoms with E-state index < -0.39 is 11.8 Å². The topological polar surface area (TPSA) is 67.4 Å². The zero-order chi connectivity index (χ0) is 8.27.